The minimum absolute atomic E-state index is 0.211. The second kappa shape index (κ2) is 2.94. The van der Waals surface area contributed by atoms with E-state index in [-0.39, 0.29) is 5.92 Å². The lowest BCUT2D eigenvalue weighted by Gasteiger charge is -2.15. The first-order chi connectivity index (χ1) is 5.14. The van der Waals surface area contributed by atoms with Crippen molar-refractivity contribution in [3.63, 3.8) is 0 Å². The third-order valence-electron chi connectivity index (χ3n) is 2.64. The van der Waals surface area contributed by atoms with E-state index in [0.29, 0.717) is 5.78 Å². The molecule has 1 rings (SSSR count). The second-order valence-electron chi connectivity index (χ2n) is 3.53. The fraction of sp³-hybridized carbons (Fsp3) is 0.889. The molecule has 0 spiro atoms. The van der Waals surface area contributed by atoms with Crippen molar-refractivity contribution in [1.82, 2.24) is 0 Å². The summed E-state index contributed by atoms with van der Waals surface area (Å²) < 4.78 is 0. The summed E-state index contributed by atoms with van der Waals surface area (Å²) in [5.41, 5.74) is 5.39. The maximum Gasteiger partial charge on any atom is 0.155 e. The topological polar surface area (TPSA) is 43.1 Å². The molecule has 1 saturated carbocycles. The van der Waals surface area contributed by atoms with Crippen molar-refractivity contribution < 1.29 is 4.79 Å². The van der Waals surface area contributed by atoms with Gasteiger partial charge in [0, 0.05) is 5.92 Å². The number of carbonyl (C=O) groups excluding carboxylic acids is 1. The van der Waals surface area contributed by atoms with E-state index < -0.39 is 5.54 Å². The van der Waals surface area contributed by atoms with E-state index in [0.717, 1.165) is 25.7 Å². The van der Waals surface area contributed by atoms with E-state index >= 15 is 0 Å². The highest BCUT2D eigenvalue weighted by Gasteiger charge is 2.47. The van der Waals surface area contributed by atoms with Crippen LogP contribution in [0.2, 0.25) is 0 Å². The monoisotopic (exact) mass is 155 g/mol. The largest absolute Gasteiger partial charge is 0.319 e. The summed E-state index contributed by atoms with van der Waals surface area (Å²) in [4.78, 5) is 11.6. The number of carbonyl (C=O) groups is 1. The van der Waals surface area contributed by atoms with Crippen LogP contribution < -0.4 is 5.73 Å². The zero-order valence-electron chi connectivity index (χ0n) is 7.39. The third kappa shape index (κ3) is 1.62. The van der Waals surface area contributed by atoms with Crippen LogP contribution in [-0.2, 0) is 4.79 Å². The van der Waals surface area contributed by atoms with Gasteiger partial charge in [-0.2, -0.15) is 0 Å². The molecular weight excluding hydrogens is 138 g/mol. The summed E-state index contributed by atoms with van der Waals surface area (Å²) in [7, 11) is 0. The molecule has 2 heteroatoms. The number of ketones is 1. The molecule has 1 aliphatic carbocycles. The van der Waals surface area contributed by atoms with Crippen LogP contribution in [0.4, 0.5) is 0 Å². The summed E-state index contributed by atoms with van der Waals surface area (Å²) in [6.07, 6.45) is 3.69. The van der Waals surface area contributed by atoms with Gasteiger partial charge in [0.05, 0.1) is 5.54 Å². The van der Waals surface area contributed by atoms with Crippen LogP contribution in [0.1, 0.15) is 39.5 Å². The Balaban J connectivity index is 2.51. The SMILES string of the molecule is CCC(CC)C(=O)C1(N)CC1. The highest BCUT2D eigenvalue weighted by molar-refractivity contribution is 5.92. The van der Waals surface area contributed by atoms with Gasteiger partial charge in [-0.15, -0.1) is 0 Å². The Morgan fingerprint density at radius 1 is 1.45 bits per heavy atom. The van der Waals surface area contributed by atoms with Gasteiger partial charge in [0.25, 0.3) is 0 Å². The van der Waals surface area contributed by atoms with E-state index in [1.807, 2.05) is 0 Å². The highest BCUT2D eigenvalue weighted by Crippen LogP contribution is 2.36. The molecule has 11 heavy (non-hydrogen) atoms. The van der Waals surface area contributed by atoms with Crippen molar-refractivity contribution in [2.75, 3.05) is 0 Å². The van der Waals surface area contributed by atoms with Gasteiger partial charge >= 0.3 is 0 Å². The molecule has 0 atom stereocenters. The first-order valence-electron chi connectivity index (χ1n) is 4.47. The van der Waals surface area contributed by atoms with Crippen LogP contribution in [-0.4, -0.2) is 11.3 Å². The molecule has 64 valence electrons. The normalized spacial score (nSPS) is 20.4. The second-order valence-corrected chi connectivity index (χ2v) is 3.53. The molecule has 0 saturated heterocycles. The molecule has 0 unspecified atom stereocenters. The van der Waals surface area contributed by atoms with Gasteiger partial charge in [-0.05, 0) is 25.7 Å². The summed E-state index contributed by atoms with van der Waals surface area (Å²) in [6.45, 7) is 4.11. The van der Waals surface area contributed by atoms with E-state index in [9.17, 15) is 4.79 Å². The fourth-order valence-electron chi connectivity index (χ4n) is 1.45. The van der Waals surface area contributed by atoms with Gasteiger partial charge in [0.15, 0.2) is 5.78 Å². The smallest absolute Gasteiger partial charge is 0.155 e. The minimum Gasteiger partial charge on any atom is -0.319 e. The molecule has 0 radical (unpaired) electrons. The van der Waals surface area contributed by atoms with E-state index in [4.69, 9.17) is 5.73 Å². The van der Waals surface area contributed by atoms with E-state index in [1.54, 1.807) is 0 Å². The maximum atomic E-state index is 11.6. The molecule has 0 heterocycles. The Hall–Kier alpha value is -0.370. The number of Topliss-reactive ketones (excluding diaryl/α,β-unsaturated/α-hetero) is 1. The zero-order valence-corrected chi connectivity index (χ0v) is 7.39. The molecular formula is C9H17NO. The number of hydrogen-bond donors (Lipinski definition) is 1. The molecule has 0 bridgehead atoms. The molecule has 1 fully saturated rings. The fourth-order valence-corrected chi connectivity index (χ4v) is 1.45. The quantitative estimate of drug-likeness (QED) is 0.668. The van der Waals surface area contributed by atoms with Gasteiger partial charge in [-0.25, -0.2) is 0 Å². The third-order valence-corrected chi connectivity index (χ3v) is 2.64. The molecule has 0 amide bonds. The lowest BCUT2D eigenvalue weighted by Crippen LogP contribution is -2.37. The standard InChI is InChI=1S/C9H17NO/c1-3-7(4-2)8(11)9(10)5-6-9/h7H,3-6,10H2,1-2H3. The summed E-state index contributed by atoms with van der Waals surface area (Å²) in [5.74, 6) is 0.505. The number of nitrogens with two attached hydrogens (primary N) is 1. The first kappa shape index (κ1) is 8.72. The van der Waals surface area contributed by atoms with Crippen LogP contribution in [0.3, 0.4) is 0 Å². The van der Waals surface area contributed by atoms with Crippen molar-refractivity contribution in [3.05, 3.63) is 0 Å². The highest BCUT2D eigenvalue weighted by atomic mass is 16.1. The molecule has 2 nitrogen and oxygen atoms in total. The molecule has 2 N–H and O–H groups in total. The molecule has 0 aromatic heterocycles. The van der Waals surface area contributed by atoms with E-state index in [1.165, 1.54) is 0 Å². The average Bonchev–Trinajstić information content (AvgIpc) is 2.72. The Labute approximate surface area is 68.2 Å². The van der Waals surface area contributed by atoms with Crippen molar-refractivity contribution in [1.29, 1.82) is 0 Å². The van der Waals surface area contributed by atoms with Crippen LogP contribution in [0.5, 0.6) is 0 Å². The van der Waals surface area contributed by atoms with Gasteiger partial charge < -0.3 is 5.73 Å². The summed E-state index contributed by atoms with van der Waals surface area (Å²) in [6, 6.07) is 0. The van der Waals surface area contributed by atoms with Gasteiger partial charge in [-0.3, -0.25) is 4.79 Å². The Bertz CT molecular complexity index is 157. The lowest BCUT2D eigenvalue weighted by molar-refractivity contribution is -0.125. The zero-order chi connectivity index (χ0) is 8.48. The predicted octanol–water partition coefficient (Wildman–Crippen LogP) is 1.48. The molecule has 0 aliphatic heterocycles. The van der Waals surface area contributed by atoms with Crippen molar-refractivity contribution in [3.8, 4) is 0 Å². The number of hydrogen-bond acceptors (Lipinski definition) is 2. The maximum absolute atomic E-state index is 11.6. The summed E-state index contributed by atoms with van der Waals surface area (Å²) in [5, 5.41) is 0. The van der Waals surface area contributed by atoms with Crippen molar-refractivity contribution in [2.24, 2.45) is 11.7 Å². The van der Waals surface area contributed by atoms with Crippen LogP contribution in [0, 0.1) is 5.92 Å². The lowest BCUT2D eigenvalue weighted by atomic mass is 9.92. The average molecular weight is 155 g/mol. The Morgan fingerprint density at radius 3 is 2.18 bits per heavy atom. The first-order valence-corrected chi connectivity index (χ1v) is 4.47. The van der Waals surface area contributed by atoms with Gasteiger partial charge in [0.1, 0.15) is 0 Å². The Morgan fingerprint density at radius 2 is 1.91 bits per heavy atom. The molecule has 0 aromatic rings. The van der Waals surface area contributed by atoms with Crippen molar-refractivity contribution >= 4 is 5.78 Å². The Kier molecular flexibility index (Phi) is 2.33. The van der Waals surface area contributed by atoms with E-state index in [2.05, 4.69) is 13.8 Å². The van der Waals surface area contributed by atoms with Crippen molar-refractivity contribution in [2.45, 2.75) is 45.1 Å². The molecule has 1 aliphatic rings. The van der Waals surface area contributed by atoms with Gasteiger partial charge in [-0.1, -0.05) is 13.8 Å². The van der Waals surface area contributed by atoms with Crippen LogP contribution >= 0.6 is 0 Å². The van der Waals surface area contributed by atoms with Gasteiger partial charge in [0.2, 0.25) is 0 Å². The number of rotatable bonds is 4. The summed E-state index contributed by atoms with van der Waals surface area (Å²) >= 11 is 0. The van der Waals surface area contributed by atoms with Crippen LogP contribution in [0.25, 0.3) is 0 Å². The van der Waals surface area contributed by atoms with Crippen LogP contribution in [0.15, 0.2) is 0 Å². The molecule has 0 aromatic carbocycles. The minimum atomic E-state index is -0.406. The predicted molar refractivity (Wildman–Crippen MR) is 45.2 cm³/mol.